The molecule has 4 heteroatoms. The van der Waals surface area contributed by atoms with Crippen LogP contribution in [0.3, 0.4) is 0 Å². The van der Waals surface area contributed by atoms with E-state index in [1.165, 1.54) is 25.7 Å². The molecule has 0 bridgehead atoms. The smallest absolute Gasteiger partial charge is 0.251 e. The van der Waals surface area contributed by atoms with Crippen LogP contribution in [0.25, 0.3) is 0 Å². The standard InChI is InChI=1S/C16H20N2O2/c19-15(9-11-3-1-2-4-11)18-13-6-5-12-7-8-17-16(20)14(12)10-13/h5-6,10-11H,1-4,7-9H2,(H,17,20)(H,18,19). The lowest BCUT2D eigenvalue weighted by Crippen LogP contribution is -2.31. The summed E-state index contributed by atoms with van der Waals surface area (Å²) < 4.78 is 0. The number of hydrogen-bond donors (Lipinski definition) is 2. The molecule has 0 radical (unpaired) electrons. The van der Waals surface area contributed by atoms with Gasteiger partial charge in [0.2, 0.25) is 5.91 Å². The fourth-order valence-corrected chi connectivity index (χ4v) is 3.18. The molecule has 0 spiro atoms. The first kappa shape index (κ1) is 13.2. The van der Waals surface area contributed by atoms with Crippen molar-refractivity contribution in [3.05, 3.63) is 29.3 Å². The third-order valence-electron chi connectivity index (χ3n) is 4.27. The largest absolute Gasteiger partial charge is 0.352 e. The van der Waals surface area contributed by atoms with Gasteiger partial charge in [0.15, 0.2) is 0 Å². The predicted molar refractivity (Wildman–Crippen MR) is 77.7 cm³/mol. The van der Waals surface area contributed by atoms with E-state index in [2.05, 4.69) is 10.6 Å². The second-order valence-corrected chi connectivity index (χ2v) is 5.78. The third-order valence-corrected chi connectivity index (χ3v) is 4.27. The first-order chi connectivity index (χ1) is 9.72. The van der Waals surface area contributed by atoms with Gasteiger partial charge in [0.25, 0.3) is 5.91 Å². The van der Waals surface area contributed by atoms with Crippen LogP contribution in [-0.2, 0) is 11.2 Å². The van der Waals surface area contributed by atoms with Crippen molar-refractivity contribution in [1.29, 1.82) is 0 Å². The van der Waals surface area contributed by atoms with Crippen molar-refractivity contribution in [2.24, 2.45) is 5.92 Å². The zero-order valence-corrected chi connectivity index (χ0v) is 11.6. The molecule has 1 aromatic rings. The zero-order valence-electron chi connectivity index (χ0n) is 11.6. The van der Waals surface area contributed by atoms with Gasteiger partial charge < -0.3 is 10.6 Å². The predicted octanol–water partition coefficient (Wildman–Crippen LogP) is 2.49. The van der Waals surface area contributed by atoms with Gasteiger partial charge in [-0.3, -0.25) is 9.59 Å². The number of fused-ring (bicyclic) bond motifs is 1. The molecule has 4 nitrogen and oxygen atoms in total. The van der Waals surface area contributed by atoms with E-state index in [0.717, 1.165) is 17.7 Å². The van der Waals surface area contributed by atoms with Crippen molar-refractivity contribution >= 4 is 17.5 Å². The quantitative estimate of drug-likeness (QED) is 0.888. The maximum atomic E-state index is 12.0. The number of rotatable bonds is 3. The molecule has 0 atom stereocenters. The van der Waals surface area contributed by atoms with Crippen LogP contribution < -0.4 is 10.6 Å². The highest BCUT2D eigenvalue weighted by molar-refractivity contribution is 5.99. The molecular formula is C16H20N2O2. The number of anilines is 1. The van der Waals surface area contributed by atoms with Gasteiger partial charge in [-0.15, -0.1) is 0 Å². The van der Waals surface area contributed by atoms with Crippen LogP contribution in [0.1, 0.15) is 48.0 Å². The summed E-state index contributed by atoms with van der Waals surface area (Å²) in [7, 11) is 0. The molecule has 2 aliphatic rings. The van der Waals surface area contributed by atoms with E-state index < -0.39 is 0 Å². The second-order valence-electron chi connectivity index (χ2n) is 5.78. The molecule has 1 saturated carbocycles. The number of benzene rings is 1. The summed E-state index contributed by atoms with van der Waals surface area (Å²) in [6, 6.07) is 5.62. The Morgan fingerprint density at radius 3 is 2.90 bits per heavy atom. The SMILES string of the molecule is O=C(CC1CCCC1)Nc1ccc2c(c1)C(=O)NCC2. The summed E-state index contributed by atoms with van der Waals surface area (Å²) in [6.07, 6.45) is 6.29. The van der Waals surface area contributed by atoms with Gasteiger partial charge in [0.05, 0.1) is 0 Å². The lowest BCUT2D eigenvalue weighted by atomic mass is 9.99. The number of carbonyl (C=O) groups is 2. The van der Waals surface area contributed by atoms with Crippen molar-refractivity contribution in [2.45, 2.75) is 38.5 Å². The summed E-state index contributed by atoms with van der Waals surface area (Å²) >= 11 is 0. The van der Waals surface area contributed by atoms with Gasteiger partial charge in [-0.25, -0.2) is 0 Å². The molecule has 2 amide bonds. The summed E-state index contributed by atoms with van der Waals surface area (Å²) in [6.45, 7) is 0.694. The molecule has 1 aliphatic carbocycles. The summed E-state index contributed by atoms with van der Waals surface area (Å²) in [4.78, 5) is 23.8. The topological polar surface area (TPSA) is 58.2 Å². The molecular weight excluding hydrogens is 252 g/mol. The molecule has 0 aromatic heterocycles. The Morgan fingerprint density at radius 1 is 1.30 bits per heavy atom. The lowest BCUT2D eigenvalue weighted by Gasteiger charge is -2.17. The van der Waals surface area contributed by atoms with E-state index >= 15 is 0 Å². The minimum absolute atomic E-state index is 0.0434. The molecule has 2 N–H and O–H groups in total. The summed E-state index contributed by atoms with van der Waals surface area (Å²) in [5.74, 6) is 0.558. The molecule has 106 valence electrons. The number of carbonyl (C=O) groups excluding carboxylic acids is 2. The normalized spacial score (nSPS) is 18.5. The van der Waals surface area contributed by atoms with E-state index in [1.54, 1.807) is 6.07 Å². The summed E-state index contributed by atoms with van der Waals surface area (Å²) in [5.41, 5.74) is 2.47. The van der Waals surface area contributed by atoms with E-state index in [1.807, 2.05) is 12.1 Å². The fourth-order valence-electron chi connectivity index (χ4n) is 3.18. The molecule has 20 heavy (non-hydrogen) atoms. The van der Waals surface area contributed by atoms with E-state index in [0.29, 0.717) is 24.4 Å². The maximum absolute atomic E-state index is 12.0. The minimum Gasteiger partial charge on any atom is -0.352 e. The molecule has 3 rings (SSSR count). The highest BCUT2D eigenvalue weighted by atomic mass is 16.2. The second kappa shape index (κ2) is 5.65. The Labute approximate surface area is 118 Å². The number of amides is 2. The zero-order chi connectivity index (χ0) is 13.9. The highest BCUT2D eigenvalue weighted by Crippen LogP contribution is 2.28. The van der Waals surface area contributed by atoms with Crippen molar-refractivity contribution in [3.8, 4) is 0 Å². The average molecular weight is 272 g/mol. The monoisotopic (exact) mass is 272 g/mol. The van der Waals surface area contributed by atoms with Crippen LogP contribution in [0, 0.1) is 5.92 Å². The van der Waals surface area contributed by atoms with Gasteiger partial charge >= 0.3 is 0 Å². The van der Waals surface area contributed by atoms with Crippen molar-refractivity contribution in [2.75, 3.05) is 11.9 Å². The van der Waals surface area contributed by atoms with Gasteiger partial charge in [-0.1, -0.05) is 18.9 Å². The molecule has 1 aliphatic heterocycles. The van der Waals surface area contributed by atoms with Crippen LogP contribution in [0.5, 0.6) is 0 Å². The van der Waals surface area contributed by atoms with Gasteiger partial charge in [0, 0.05) is 24.2 Å². The van der Waals surface area contributed by atoms with Gasteiger partial charge in [-0.05, 0) is 42.9 Å². The van der Waals surface area contributed by atoms with Crippen LogP contribution in [0.2, 0.25) is 0 Å². The lowest BCUT2D eigenvalue weighted by molar-refractivity contribution is -0.117. The molecule has 1 heterocycles. The maximum Gasteiger partial charge on any atom is 0.251 e. The first-order valence-electron chi connectivity index (χ1n) is 7.43. The minimum atomic E-state index is -0.0434. The van der Waals surface area contributed by atoms with Crippen LogP contribution in [0.15, 0.2) is 18.2 Å². The van der Waals surface area contributed by atoms with E-state index in [9.17, 15) is 9.59 Å². The van der Waals surface area contributed by atoms with Crippen molar-refractivity contribution < 1.29 is 9.59 Å². The van der Waals surface area contributed by atoms with Crippen LogP contribution in [-0.4, -0.2) is 18.4 Å². The van der Waals surface area contributed by atoms with Crippen molar-refractivity contribution in [3.63, 3.8) is 0 Å². The van der Waals surface area contributed by atoms with Crippen LogP contribution in [0.4, 0.5) is 5.69 Å². The average Bonchev–Trinajstić information content (AvgIpc) is 2.92. The Hall–Kier alpha value is -1.84. The molecule has 0 saturated heterocycles. The Bertz CT molecular complexity index is 533. The number of hydrogen-bond acceptors (Lipinski definition) is 2. The molecule has 0 unspecified atom stereocenters. The van der Waals surface area contributed by atoms with Crippen molar-refractivity contribution in [1.82, 2.24) is 5.32 Å². The van der Waals surface area contributed by atoms with Gasteiger partial charge in [0.1, 0.15) is 0 Å². The fraction of sp³-hybridized carbons (Fsp3) is 0.500. The summed E-state index contributed by atoms with van der Waals surface area (Å²) in [5, 5.41) is 5.75. The Kier molecular flexibility index (Phi) is 3.72. The van der Waals surface area contributed by atoms with Crippen LogP contribution >= 0.6 is 0 Å². The van der Waals surface area contributed by atoms with E-state index in [-0.39, 0.29) is 11.8 Å². The number of nitrogens with one attached hydrogen (secondary N) is 2. The van der Waals surface area contributed by atoms with E-state index in [4.69, 9.17) is 0 Å². The Morgan fingerprint density at radius 2 is 2.10 bits per heavy atom. The Balaban J connectivity index is 1.66. The first-order valence-corrected chi connectivity index (χ1v) is 7.43. The third kappa shape index (κ3) is 2.84. The van der Waals surface area contributed by atoms with Gasteiger partial charge in [-0.2, -0.15) is 0 Å². The molecule has 1 aromatic carbocycles. The molecule has 1 fully saturated rings. The highest BCUT2D eigenvalue weighted by Gasteiger charge is 2.20.